The monoisotopic (exact) mass is 255 g/mol. The molecule has 17 heavy (non-hydrogen) atoms. The average Bonchev–Trinajstić information content (AvgIpc) is 2.18. The fourth-order valence-electron chi connectivity index (χ4n) is 1.38. The van der Waals surface area contributed by atoms with E-state index in [1.54, 1.807) is 0 Å². The molecule has 0 radical (unpaired) electrons. The quantitative estimate of drug-likeness (QED) is 0.797. The Labute approximate surface area is 93.9 Å². The second kappa shape index (κ2) is 4.58. The van der Waals surface area contributed by atoms with Gasteiger partial charge in [-0.05, 0) is 18.6 Å². The van der Waals surface area contributed by atoms with Crippen LogP contribution in [-0.2, 0) is 6.18 Å². The summed E-state index contributed by atoms with van der Waals surface area (Å²) in [6.07, 6.45) is -6.82. The van der Waals surface area contributed by atoms with Crippen molar-refractivity contribution in [1.82, 2.24) is 0 Å². The highest BCUT2D eigenvalue weighted by Gasteiger charge is 2.40. The molecule has 0 saturated heterocycles. The van der Waals surface area contributed by atoms with E-state index in [0.29, 0.717) is 12.1 Å². The Hall–Kier alpha value is -1.21. The van der Waals surface area contributed by atoms with Crippen LogP contribution in [-0.4, -0.2) is 11.1 Å². The molecule has 1 rings (SSSR count). The van der Waals surface area contributed by atoms with Crippen LogP contribution < -0.4 is 5.73 Å². The lowest BCUT2D eigenvalue weighted by Crippen LogP contribution is -2.27. The van der Waals surface area contributed by atoms with Crippen molar-refractivity contribution in [3.05, 3.63) is 34.9 Å². The number of alkyl halides is 3. The first-order chi connectivity index (χ1) is 7.66. The molecule has 0 aliphatic heterocycles. The maximum Gasteiger partial charge on any atom is 0.419 e. The largest absolute Gasteiger partial charge is 0.419 e. The minimum absolute atomic E-state index is 0.519. The van der Waals surface area contributed by atoms with Crippen LogP contribution >= 0.6 is 0 Å². The second-order valence-corrected chi connectivity index (χ2v) is 3.63. The molecule has 0 aromatic heterocycles. The van der Waals surface area contributed by atoms with Crippen molar-refractivity contribution in [3.8, 4) is 0 Å². The predicted octanol–water partition coefficient (Wildman–Crippen LogP) is 2.36. The third-order valence-corrected chi connectivity index (χ3v) is 2.23. The fraction of sp³-hybridized carbons (Fsp3) is 0.400. The van der Waals surface area contributed by atoms with E-state index in [2.05, 4.69) is 0 Å². The van der Waals surface area contributed by atoms with E-state index in [1.807, 2.05) is 0 Å². The van der Waals surface area contributed by atoms with E-state index < -0.39 is 41.1 Å². The van der Waals surface area contributed by atoms with Crippen LogP contribution in [0.1, 0.15) is 24.2 Å². The zero-order valence-electron chi connectivity index (χ0n) is 8.72. The van der Waals surface area contributed by atoms with E-state index >= 15 is 0 Å². The van der Waals surface area contributed by atoms with Crippen molar-refractivity contribution in [3.63, 3.8) is 0 Å². The van der Waals surface area contributed by atoms with Gasteiger partial charge in [-0.3, -0.25) is 0 Å². The molecule has 2 atom stereocenters. The lowest BCUT2D eigenvalue weighted by Gasteiger charge is -2.20. The normalized spacial score (nSPS) is 15.8. The third-order valence-electron chi connectivity index (χ3n) is 2.23. The number of rotatable bonds is 2. The smallest absolute Gasteiger partial charge is 0.387 e. The van der Waals surface area contributed by atoms with Crippen LogP contribution in [0.5, 0.6) is 0 Å². The van der Waals surface area contributed by atoms with Crippen LogP contribution in [0.2, 0.25) is 0 Å². The molecule has 3 N–H and O–H groups in total. The molecular formula is C10H10F5NO. The molecule has 0 fully saturated rings. The van der Waals surface area contributed by atoms with Crippen molar-refractivity contribution in [2.24, 2.45) is 5.73 Å². The van der Waals surface area contributed by atoms with Crippen molar-refractivity contribution in [2.45, 2.75) is 25.2 Å². The topological polar surface area (TPSA) is 46.2 Å². The summed E-state index contributed by atoms with van der Waals surface area (Å²) in [5.41, 5.74) is 2.65. The summed E-state index contributed by atoms with van der Waals surface area (Å²) >= 11 is 0. The molecule has 1 aromatic carbocycles. The lowest BCUT2D eigenvalue weighted by atomic mass is 9.97. The first-order valence-electron chi connectivity index (χ1n) is 4.65. The van der Waals surface area contributed by atoms with Crippen LogP contribution in [0.3, 0.4) is 0 Å². The molecule has 0 spiro atoms. The van der Waals surface area contributed by atoms with Gasteiger partial charge in [0, 0.05) is 6.04 Å². The molecule has 0 aliphatic carbocycles. The minimum Gasteiger partial charge on any atom is -0.387 e. The van der Waals surface area contributed by atoms with E-state index in [-0.39, 0.29) is 0 Å². The molecule has 0 heterocycles. The lowest BCUT2D eigenvalue weighted by molar-refractivity contribution is -0.142. The number of hydrogen-bond acceptors (Lipinski definition) is 2. The van der Waals surface area contributed by atoms with Crippen molar-refractivity contribution in [1.29, 1.82) is 0 Å². The number of halogens is 5. The van der Waals surface area contributed by atoms with Gasteiger partial charge in [0.1, 0.15) is 5.56 Å². The minimum atomic E-state index is -5.10. The van der Waals surface area contributed by atoms with E-state index in [9.17, 15) is 27.1 Å². The Morgan fingerprint density at radius 2 is 1.76 bits per heavy atom. The number of aliphatic hydroxyl groups excluding tert-OH is 1. The molecule has 0 bridgehead atoms. The van der Waals surface area contributed by atoms with Crippen LogP contribution in [0.15, 0.2) is 12.1 Å². The molecule has 2 nitrogen and oxygen atoms in total. The Morgan fingerprint density at radius 3 is 2.18 bits per heavy atom. The first kappa shape index (κ1) is 13.9. The molecular weight excluding hydrogens is 245 g/mol. The number of aliphatic hydroxyl groups is 1. The Morgan fingerprint density at radius 1 is 1.24 bits per heavy atom. The number of hydrogen-bond donors (Lipinski definition) is 2. The van der Waals surface area contributed by atoms with Gasteiger partial charge in [0.15, 0.2) is 11.6 Å². The van der Waals surface area contributed by atoms with Gasteiger partial charge in [-0.25, -0.2) is 8.78 Å². The van der Waals surface area contributed by atoms with Gasteiger partial charge < -0.3 is 10.8 Å². The zero-order chi connectivity index (χ0) is 13.4. The highest BCUT2D eigenvalue weighted by molar-refractivity contribution is 5.34. The molecule has 0 amide bonds. The van der Waals surface area contributed by atoms with Gasteiger partial charge in [-0.2, -0.15) is 13.2 Å². The maximum atomic E-state index is 13.1. The summed E-state index contributed by atoms with van der Waals surface area (Å²) in [5.74, 6) is -3.66. The van der Waals surface area contributed by atoms with Gasteiger partial charge >= 0.3 is 6.18 Å². The number of benzene rings is 1. The summed E-state index contributed by atoms with van der Waals surface area (Å²) in [6.45, 7) is 1.26. The number of nitrogens with two attached hydrogens (primary N) is 1. The molecule has 96 valence electrons. The first-order valence-corrected chi connectivity index (χ1v) is 4.65. The van der Waals surface area contributed by atoms with Crippen molar-refractivity contribution in [2.75, 3.05) is 0 Å². The Balaban J connectivity index is 3.46. The molecule has 0 aliphatic rings. The molecule has 0 unspecified atom stereocenters. The maximum absolute atomic E-state index is 13.1. The standard InChI is InChI=1S/C10H10F5NO/c1-4(16)9(17)5-2-3-6(11)8(12)7(5)10(13,14)15/h2-4,9,17H,16H2,1H3/t4-,9-/m1/s1. The van der Waals surface area contributed by atoms with Crippen molar-refractivity contribution < 1.29 is 27.1 Å². The van der Waals surface area contributed by atoms with Gasteiger partial charge in [-0.15, -0.1) is 0 Å². The fourth-order valence-corrected chi connectivity index (χ4v) is 1.38. The Bertz CT molecular complexity index is 416. The summed E-state index contributed by atoms with van der Waals surface area (Å²) < 4.78 is 63.6. The summed E-state index contributed by atoms with van der Waals surface area (Å²) in [7, 11) is 0. The van der Waals surface area contributed by atoms with Gasteiger partial charge in [0.25, 0.3) is 0 Å². The van der Waals surface area contributed by atoms with Gasteiger partial charge in [-0.1, -0.05) is 6.07 Å². The molecule has 1 aromatic rings. The molecule has 0 saturated carbocycles. The Kier molecular flexibility index (Phi) is 3.73. The van der Waals surface area contributed by atoms with E-state index in [4.69, 9.17) is 5.73 Å². The van der Waals surface area contributed by atoms with E-state index in [1.165, 1.54) is 6.92 Å². The highest BCUT2D eigenvalue weighted by atomic mass is 19.4. The van der Waals surface area contributed by atoms with Crippen molar-refractivity contribution >= 4 is 0 Å². The second-order valence-electron chi connectivity index (χ2n) is 3.63. The summed E-state index contributed by atoms with van der Waals surface area (Å²) in [5, 5.41) is 9.44. The highest BCUT2D eigenvalue weighted by Crippen LogP contribution is 2.37. The summed E-state index contributed by atoms with van der Waals surface area (Å²) in [4.78, 5) is 0. The van der Waals surface area contributed by atoms with Crippen LogP contribution in [0, 0.1) is 11.6 Å². The van der Waals surface area contributed by atoms with Crippen LogP contribution in [0.4, 0.5) is 22.0 Å². The van der Waals surface area contributed by atoms with Gasteiger partial charge in [0.05, 0.1) is 6.10 Å². The molecule has 7 heteroatoms. The third kappa shape index (κ3) is 2.73. The SMILES string of the molecule is C[C@@H](N)[C@@H](O)c1ccc(F)c(F)c1C(F)(F)F. The van der Waals surface area contributed by atoms with E-state index in [0.717, 1.165) is 0 Å². The zero-order valence-corrected chi connectivity index (χ0v) is 8.72. The van der Waals surface area contributed by atoms with Crippen LogP contribution in [0.25, 0.3) is 0 Å². The predicted molar refractivity (Wildman–Crippen MR) is 50.0 cm³/mol. The average molecular weight is 255 g/mol. The van der Waals surface area contributed by atoms with Gasteiger partial charge in [0.2, 0.25) is 0 Å². The summed E-state index contributed by atoms with van der Waals surface area (Å²) in [6, 6.07) is 0.154.